The van der Waals surface area contributed by atoms with E-state index in [1.807, 2.05) is 4.90 Å². The van der Waals surface area contributed by atoms with Crippen molar-refractivity contribution in [1.82, 2.24) is 15.5 Å². The summed E-state index contributed by atoms with van der Waals surface area (Å²) in [7, 11) is 0. The Labute approximate surface area is 126 Å². The van der Waals surface area contributed by atoms with Gasteiger partial charge in [-0.15, -0.1) is 0 Å². The quantitative estimate of drug-likeness (QED) is 0.796. The van der Waals surface area contributed by atoms with Gasteiger partial charge in [-0.05, 0) is 51.5 Å². The third-order valence-electron chi connectivity index (χ3n) is 4.98. The number of piperidine rings is 1. The second-order valence-electron chi connectivity index (χ2n) is 6.77. The van der Waals surface area contributed by atoms with Crippen LogP contribution in [0.2, 0.25) is 0 Å². The van der Waals surface area contributed by atoms with E-state index in [0.29, 0.717) is 24.3 Å². The lowest BCUT2D eigenvalue weighted by atomic mass is 10.0. The van der Waals surface area contributed by atoms with E-state index < -0.39 is 0 Å². The van der Waals surface area contributed by atoms with Crippen LogP contribution in [-0.2, 0) is 9.59 Å². The third-order valence-corrected chi connectivity index (χ3v) is 4.98. The summed E-state index contributed by atoms with van der Waals surface area (Å²) in [6, 6.07) is 0.797. The molecular formula is C16H27N3O2. The maximum atomic E-state index is 12.0. The summed E-state index contributed by atoms with van der Waals surface area (Å²) >= 11 is 0. The molecule has 3 aliphatic rings. The zero-order valence-electron chi connectivity index (χ0n) is 12.8. The van der Waals surface area contributed by atoms with Gasteiger partial charge >= 0.3 is 0 Å². The molecule has 0 aromatic carbocycles. The number of hydrogen-bond donors (Lipinski definition) is 2. The third kappa shape index (κ3) is 4.19. The van der Waals surface area contributed by atoms with Crippen molar-refractivity contribution in [2.45, 2.75) is 63.5 Å². The lowest BCUT2D eigenvalue weighted by molar-refractivity contribution is -0.133. The van der Waals surface area contributed by atoms with Crippen LogP contribution in [0.5, 0.6) is 0 Å². The number of rotatable bonds is 5. The molecule has 21 heavy (non-hydrogen) atoms. The molecular weight excluding hydrogens is 266 g/mol. The molecule has 2 N–H and O–H groups in total. The van der Waals surface area contributed by atoms with Crippen molar-refractivity contribution in [2.24, 2.45) is 5.92 Å². The molecule has 3 fully saturated rings. The van der Waals surface area contributed by atoms with Crippen LogP contribution < -0.4 is 10.6 Å². The van der Waals surface area contributed by atoms with Gasteiger partial charge in [-0.2, -0.15) is 0 Å². The molecule has 0 aromatic rings. The van der Waals surface area contributed by atoms with Crippen LogP contribution >= 0.6 is 0 Å². The molecule has 1 atom stereocenters. The SMILES string of the molecule is O=C(CCC1CCCN1)NC1CCN(C(=O)C2CC2)CC1. The number of carbonyl (C=O) groups excluding carboxylic acids is 2. The molecule has 1 unspecified atom stereocenters. The maximum absolute atomic E-state index is 12.0. The number of carbonyl (C=O) groups is 2. The molecule has 1 aliphatic carbocycles. The number of nitrogens with zero attached hydrogens (tertiary/aromatic N) is 1. The van der Waals surface area contributed by atoms with Gasteiger partial charge in [-0.25, -0.2) is 0 Å². The molecule has 2 amide bonds. The van der Waals surface area contributed by atoms with E-state index in [9.17, 15) is 9.59 Å². The van der Waals surface area contributed by atoms with E-state index in [1.54, 1.807) is 0 Å². The van der Waals surface area contributed by atoms with E-state index in [-0.39, 0.29) is 11.9 Å². The van der Waals surface area contributed by atoms with E-state index >= 15 is 0 Å². The first-order valence-corrected chi connectivity index (χ1v) is 8.54. The summed E-state index contributed by atoms with van der Waals surface area (Å²) in [4.78, 5) is 25.9. The van der Waals surface area contributed by atoms with Gasteiger partial charge in [0, 0.05) is 37.5 Å². The molecule has 1 saturated carbocycles. The van der Waals surface area contributed by atoms with Crippen LogP contribution in [0, 0.1) is 5.92 Å². The lowest BCUT2D eigenvalue weighted by Gasteiger charge is -2.32. The first-order valence-electron chi connectivity index (χ1n) is 8.54. The Balaban J connectivity index is 1.32. The molecule has 118 valence electrons. The Hall–Kier alpha value is -1.10. The number of likely N-dealkylation sites (tertiary alicyclic amines) is 1. The van der Waals surface area contributed by atoms with Crippen LogP contribution in [0.1, 0.15) is 51.4 Å². The maximum Gasteiger partial charge on any atom is 0.225 e. The highest BCUT2D eigenvalue weighted by Crippen LogP contribution is 2.31. The monoisotopic (exact) mass is 293 g/mol. The summed E-state index contributed by atoms with van der Waals surface area (Å²) in [5.74, 6) is 0.831. The number of hydrogen-bond acceptors (Lipinski definition) is 3. The van der Waals surface area contributed by atoms with Crippen molar-refractivity contribution >= 4 is 11.8 Å². The molecule has 2 aliphatic heterocycles. The smallest absolute Gasteiger partial charge is 0.225 e. The van der Waals surface area contributed by atoms with Gasteiger partial charge in [-0.1, -0.05) is 0 Å². The van der Waals surface area contributed by atoms with E-state index in [1.165, 1.54) is 12.8 Å². The molecule has 3 rings (SSSR count). The van der Waals surface area contributed by atoms with E-state index in [0.717, 1.165) is 51.7 Å². The van der Waals surface area contributed by atoms with Crippen LogP contribution in [0.25, 0.3) is 0 Å². The Morgan fingerprint density at radius 2 is 1.86 bits per heavy atom. The fourth-order valence-electron chi connectivity index (χ4n) is 3.44. The Morgan fingerprint density at radius 1 is 1.10 bits per heavy atom. The van der Waals surface area contributed by atoms with E-state index in [4.69, 9.17) is 0 Å². The molecule has 0 aromatic heterocycles. The van der Waals surface area contributed by atoms with Crippen molar-refractivity contribution in [2.75, 3.05) is 19.6 Å². The van der Waals surface area contributed by atoms with E-state index in [2.05, 4.69) is 10.6 Å². The summed E-state index contributed by atoms with van der Waals surface area (Å²) in [6.45, 7) is 2.72. The number of nitrogens with one attached hydrogen (secondary N) is 2. The summed E-state index contributed by atoms with van der Waals surface area (Å²) in [5.41, 5.74) is 0. The average molecular weight is 293 g/mol. The van der Waals surface area contributed by atoms with Crippen molar-refractivity contribution in [3.05, 3.63) is 0 Å². The summed E-state index contributed by atoms with van der Waals surface area (Å²) in [5, 5.41) is 6.57. The molecule has 2 saturated heterocycles. The molecule has 0 radical (unpaired) electrons. The molecule has 2 heterocycles. The number of amides is 2. The summed E-state index contributed by atoms with van der Waals surface area (Å²) in [6.07, 6.45) is 7.98. The normalized spacial score (nSPS) is 26.9. The minimum absolute atomic E-state index is 0.177. The van der Waals surface area contributed by atoms with Gasteiger partial charge in [0.05, 0.1) is 0 Å². The molecule has 0 spiro atoms. The lowest BCUT2D eigenvalue weighted by Crippen LogP contribution is -2.47. The zero-order chi connectivity index (χ0) is 14.7. The fourth-order valence-corrected chi connectivity index (χ4v) is 3.44. The van der Waals surface area contributed by atoms with Crippen molar-refractivity contribution in [3.63, 3.8) is 0 Å². The first-order chi connectivity index (χ1) is 10.2. The van der Waals surface area contributed by atoms with Crippen LogP contribution in [0.4, 0.5) is 0 Å². The topological polar surface area (TPSA) is 61.4 Å². The Kier molecular flexibility index (Phi) is 4.78. The van der Waals surface area contributed by atoms with Crippen molar-refractivity contribution in [1.29, 1.82) is 0 Å². The van der Waals surface area contributed by atoms with Gasteiger partial charge in [0.25, 0.3) is 0 Å². The first kappa shape index (κ1) is 14.8. The minimum Gasteiger partial charge on any atom is -0.353 e. The standard InChI is InChI=1S/C16H27N3O2/c20-15(6-5-13-2-1-9-17-13)18-14-7-10-19(11-8-14)16(21)12-3-4-12/h12-14,17H,1-11H2,(H,18,20). The van der Waals surface area contributed by atoms with Crippen LogP contribution in [0.15, 0.2) is 0 Å². The predicted molar refractivity (Wildman–Crippen MR) is 80.7 cm³/mol. The van der Waals surface area contributed by atoms with Gasteiger partial charge < -0.3 is 15.5 Å². The van der Waals surface area contributed by atoms with Crippen molar-refractivity contribution < 1.29 is 9.59 Å². The molecule has 5 nitrogen and oxygen atoms in total. The molecule has 0 bridgehead atoms. The highest BCUT2D eigenvalue weighted by molar-refractivity contribution is 5.81. The Morgan fingerprint density at radius 3 is 2.48 bits per heavy atom. The Bertz CT molecular complexity index is 381. The second-order valence-corrected chi connectivity index (χ2v) is 6.77. The van der Waals surface area contributed by atoms with Gasteiger partial charge in [0.15, 0.2) is 0 Å². The van der Waals surface area contributed by atoms with Crippen molar-refractivity contribution in [3.8, 4) is 0 Å². The highest BCUT2D eigenvalue weighted by Gasteiger charge is 2.35. The summed E-state index contributed by atoms with van der Waals surface area (Å²) < 4.78 is 0. The molecule has 5 heteroatoms. The van der Waals surface area contributed by atoms with Gasteiger partial charge in [-0.3, -0.25) is 9.59 Å². The fraction of sp³-hybridized carbons (Fsp3) is 0.875. The predicted octanol–water partition coefficient (Wildman–Crippen LogP) is 1.04. The van der Waals surface area contributed by atoms with Gasteiger partial charge in [0.2, 0.25) is 11.8 Å². The second kappa shape index (κ2) is 6.77. The largest absolute Gasteiger partial charge is 0.353 e. The van der Waals surface area contributed by atoms with Crippen LogP contribution in [0.3, 0.4) is 0 Å². The van der Waals surface area contributed by atoms with Gasteiger partial charge in [0.1, 0.15) is 0 Å². The van der Waals surface area contributed by atoms with Crippen LogP contribution in [-0.4, -0.2) is 48.4 Å². The minimum atomic E-state index is 0.177. The average Bonchev–Trinajstić information content (AvgIpc) is 3.22. The zero-order valence-corrected chi connectivity index (χ0v) is 12.8. The highest BCUT2D eigenvalue weighted by atomic mass is 16.2.